The van der Waals surface area contributed by atoms with Crippen LogP contribution >= 0.6 is 0 Å². The normalized spacial score (nSPS) is 24.6. The van der Waals surface area contributed by atoms with Crippen molar-refractivity contribution in [3.8, 4) is 11.4 Å². The second-order valence-corrected chi connectivity index (χ2v) is 8.38. The van der Waals surface area contributed by atoms with Gasteiger partial charge in [-0.25, -0.2) is 4.98 Å². The summed E-state index contributed by atoms with van der Waals surface area (Å²) in [5.74, 6) is 1.11. The van der Waals surface area contributed by atoms with Gasteiger partial charge in [0.2, 0.25) is 0 Å². The average Bonchev–Trinajstić information content (AvgIpc) is 3.22. The van der Waals surface area contributed by atoms with E-state index in [1.54, 1.807) is 0 Å². The maximum absolute atomic E-state index is 12.9. The Labute approximate surface area is 165 Å². The molecule has 2 fully saturated rings. The topological polar surface area (TPSA) is 91.3 Å². The Kier molecular flexibility index (Phi) is 5.21. The number of aliphatic hydroxyl groups is 1. The minimum Gasteiger partial charge on any atom is -0.393 e. The first-order valence-corrected chi connectivity index (χ1v) is 10.1. The number of aromatic amines is 1. The highest BCUT2D eigenvalue weighted by Gasteiger charge is 2.44. The third kappa shape index (κ3) is 3.82. The molecule has 1 spiro atoms. The molecule has 2 N–H and O–H groups in total. The van der Waals surface area contributed by atoms with Crippen molar-refractivity contribution in [3.05, 3.63) is 36.2 Å². The zero-order valence-corrected chi connectivity index (χ0v) is 16.5. The highest BCUT2D eigenvalue weighted by Crippen LogP contribution is 2.39. The van der Waals surface area contributed by atoms with E-state index in [1.165, 1.54) is 6.33 Å². The molecule has 3 heterocycles. The van der Waals surface area contributed by atoms with E-state index >= 15 is 0 Å². The molecule has 2 aliphatic rings. The summed E-state index contributed by atoms with van der Waals surface area (Å²) in [4.78, 5) is 18.9. The summed E-state index contributed by atoms with van der Waals surface area (Å²) in [5, 5.41) is 17.0. The Morgan fingerprint density at radius 1 is 1.29 bits per heavy atom. The van der Waals surface area contributed by atoms with Crippen molar-refractivity contribution < 1.29 is 14.6 Å². The zero-order chi connectivity index (χ0) is 19.7. The van der Waals surface area contributed by atoms with Crippen LogP contribution in [0.1, 0.15) is 49.9 Å². The van der Waals surface area contributed by atoms with Gasteiger partial charge in [-0.1, -0.05) is 26.0 Å². The Morgan fingerprint density at radius 3 is 2.61 bits per heavy atom. The second-order valence-electron chi connectivity index (χ2n) is 8.38. The van der Waals surface area contributed by atoms with Crippen LogP contribution in [0.2, 0.25) is 0 Å². The van der Waals surface area contributed by atoms with Gasteiger partial charge in [-0.05, 0) is 37.3 Å². The number of nitrogens with zero attached hydrogens (tertiary/aromatic N) is 3. The van der Waals surface area contributed by atoms with Crippen LogP contribution in [0.15, 0.2) is 30.6 Å². The average molecular weight is 384 g/mol. The van der Waals surface area contributed by atoms with Gasteiger partial charge in [-0.2, -0.15) is 5.10 Å². The Morgan fingerprint density at radius 2 is 2.00 bits per heavy atom. The lowest BCUT2D eigenvalue weighted by atomic mass is 9.80. The van der Waals surface area contributed by atoms with Crippen molar-refractivity contribution >= 4 is 5.91 Å². The second kappa shape index (κ2) is 7.64. The number of likely N-dealkylation sites (tertiary alicyclic amines) is 1. The number of amides is 1. The summed E-state index contributed by atoms with van der Waals surface area (Å²) in [6.45, 7) is 5.58. The Bertz CT molecular complexity index is 796. The lowest BCUT2D eigenvalue weighted by molar-refractivity contribution is -0.190. The number of carbonyl (C=O) groups is 1. The third-order valence-electron chi connectivity index (χ3n) is 6.04. The molecule has 0 unspecified atom stereocenters. The maximum Gasteiger partial charge on any atom is 0.253 e. The van der Waals surface area contributed by atoms with Crippen molar-refractivity contribution in [1.82, 2.24) is 20.1 Å². The SMILES string of the molecule is CC(C)[C@H]1C[C@@H](O)CC2(CCN(C(=O)c3ccc(-c4ncn[nH]4)cc3)CC2)O1. The lowest BCUT2D eigenvalue weighted by Gasteiger charge is -2.48. The highest BCUT2D eigenvalue weighted by molar-refractivity contribution is 5.94. The summed E-state index contributed by atoms with van der Waals surface area (Å²) in [6, 6.07) is 7.43. The minimum absolute atomic E-state index is 0.0377. The van der Waals surface area contributed by atoms with E-state index in [0.717, 1.165) is 18.4 Å². The van der Waals surface area contributed by atoms with Crippen molar-refractivity contribution in [2.75, 3.05) is 13.1 Å². The van der Waals surface area contributed by atoms with E-state index < -0.39 is 0 Å². The van der Waals surface area contributed by atoms with E-state index in [1.807, 2.05) is 29.2 Å². The summed E-state index contributed by atoms with van der Waals surface area (Å²) in [7, 11) is 0. The van der Waals surface area contributed by atoms with E-state index in [4.69, 9.17) is 4.74 Å². The van der Waals surface area contributed by atoms with Crippen molar-refractivity contribution in [2.45, 2.75) is 57.3 Å². The number of hydrogen-bond donors (Lipinski definition) is 2. The molecule has 0 bridgehead atoms. The van der Waals surface area contributed by atoms with E-state index in [9.17, 15) is 9.90 Å². The molecule has 150 valence electrons. The lowest BCUT2D eigenvalue weighted by Crippen LogP contribution is -2.54. The van der Waals surface area contributed by atoms with Gasteiger partial charge in [-0.3, -0.25) is 9.89 Å². The monoisotopic (exact) mass is 384 g/mol. The fourth-order valence-corrected chi connectivity index (χ4v) is 4.34. The first-order chi connectivity index (χ1) is 13.5. The van der Waals surface area contributed by atoms with Gasteiger partial charge < -0.3 is 14.7 Å². The molecule has 0 radical (unpaired) electrons. The Hall–Kier alpha value is -2.25. The molecule has 1 aromatic heterocycles. The van der Waals surface area contributed by atoms with Gasteiger partial charge in [0.25, 0.3) is 5.91 Å². The fraction of sp³-hybridized carbons (Fsp3) is 0.571. The van der Waals surface area contributed by atoms with Crippen LogP contribution in [-0.4, -0.2) is 62.0 Å². The first-order valence-electron chi connectivity index (χ1n) is 10.1. The van der Waals surface area contributed by atoms with Crippen LogP contribution in [-0.2, 0) is 4.74 Å². The van der Waals surface area contributed by atoms with Gasteiger partial charge in [-0.15, -0.1) is 0 Å². The molecule has 2 saturated heterocycles. The molecule has 2 atom stereocenters. The maximum atomic E-state index is 12.9. The zero-order valence-electron chi connectivity index (χ0n) is 16.5. The van der Waals surface area contributed by atoms with E-state index in [-0.39, 0.29) is 23.7 Å². The number of nitrogens with one attached hydrogen (secondary N) is 1. The summed E-state index contributed by atoms with van der Waals surface area (Å²) < 4.78 is 6.42. The number of rotatable bonds is 3. The molecule has 0 aliphatic carbocycles. The molecule has 1 aromatic carbocycles. The third-order valence-corrected chi connectivity index (χ3v) is 6.04. The number of piperidine rings is 1. The van der Waals surface area contributed by atoms with Crippen LogP contribution in [0.3, 0.4) is 0 Å². The first kappa shape index (κ1) is 19.1. The number of aliphatic hydroxyl groups excluding tert-OH is 1. The van der Waals surface area contributed by atoms with Crippen molar-refractivity contribution in [2.24, 2.45) is 5.92 Å². The quantitative estimate of drug-likeness (QED) is 0.849. The Balaban J connectivity index is 1.40. The molecular formula is C21H28N4O3. The van der Waals surface area contributed by atoms with Crippen LogP contribution in [0.4, 0.5) is 0 Å². The van der Waals surface area contributed by atoms with Gasteiger partial charge in [0.05, 0.1) is 17.8 Å². The highest BCUT2D eigenvalue weighted by atomic mass is 16.5. The van der Waals surface area contributed by atoms with Gasteiger partial charge in [0.1, 0.15) is 6.33 Å². The number of carbonyl (C=O) groups excluding carboxylic acids is 1. The van der Waals surface area contributed by atoms with Crippen molar-refractivity contribution in [3.63, 3.8) is 0 Å². The molecule has 28 heavy (non-hydrogen) atoms. The molecule has 0 saturated carbocycles. The predicted octanol–water partition coefficient (Wildman–Crippen LogP) is 2.64. The molecule has 1 amide bonds. The summed E-state index contributed by atoms with van der Waals surface area (Å²) in [6.07, 6.45) is 4.17. The van der Waals surface area contributed by atoms with Gasteiger partial charge in [0.15, 0.2) is 5.82 Å². The molecule has 2 aliphatic heterocycles. The molecular weight excluding hydrogens is 356 g/mol. The van der Waals surface area contributed by atoms with Crippen LogP contribution in [0.5, 0.6) is 0 Å². The molecule has 2 aromatic rings. The van der Waals surface area contributed by atoms with E-state index in [0.29, 0.717) is 43.2 Å². The number of benzene rings is 1. The van der Waals surface area contributed by atoms with Crippen LogP contribution in [0.25, 0.3) is 11.4 Å². The van der Waals surface area contributed by atoms with Crippen molar-refractivity contribution in [1.29, 1.82) is 0 Å². The number of H-pyrrole nitrogens is 1. The molecule has 7 nitrogen and oxygen atoms in total. The predicted molar refractivity (Wildman–Crippen MR) is 105 cm³/mol. The number of ether oxygens (including phenoxy) is 1. The van der Waals surface area contributed by atoms with Crippen LogP contribution < -0.4 is 0 Å². The standard InChI is InChI=1S/C21H28N4O3/c1-14(2)18-11-17(26)12-21(28-18)7-9-25(10-8-21)20(27)16-5-3-15(4-6-16)19-22-13-23-24-19/h3-6,13-14,17-18,26H,7-12H2,1-2H3,(H,22,23,24)/t17-,18-/m1/s1. The number of aromatic nitrogens is 3. The van der Waals surface area contributed by atoms with Crippen LogP contribution in [0, 0.1) is 5.92 Å². The number of hydrogen-bond acceptors (Lipinski definition) is 5. The minimum atomic E-state index is -0.313. The largest absolute Gasteiger partial charge is 0.393 e. The summed E-state index contributed by atoms with van der Waals surface area (Å²) in [5.41, 5.74) is 1.28. The smallest absolute Gasteiger partial charge is 0.253 e. The summed E-state index contributed by atoms with van der Waals surface area (Å²) >= 11 is 0. The molecule has 7 heteroatoms. The fourth-order valence-electron chi connectivity index (χ4n) is 4.34. The molecule has 4 rings (SSSR count). The van der Waals surface area contributed by atoms with E-state index in [2.05, 4.69) is 29.0 Å². The van der Waals surface area contributed by atoms with Gasteiger partial charge in [0, 0.05) is 30.6 Å². The van der Waals surface area contributed by atoms with Gasteiger partial charge >= 0.3 is 0 Å².